The molecule has 1 radical (unpaired) electrons. The Morgan fingerprint density at radius 1 is 1.08 bits per heavy atom. The van der Waals surface area contributed by atoms with E-state index in [0.29, 0.717) is 23.2 Å². The molecule has 0 spiro atoms. The second kappa shape index (κ2) is 6.63. The van der Waals surface area contributed by atoms with E-state index in [2.05, 4.69) is 19.9 Å². The number of halogens is 2. The Hall–Kier alpha value is -3.15. The van der Waals surface area contributed by atoms with E-state index in [1.807, 2.05) is 19.2 Å². The molecule has 0 saturated carbocycles. The molecule has 4 aromatic heterocycles. The zero-order valence-corrected chi connectivity index (χ0v) is 14.0. The number of H-pyrrole nitrogens is 1. The quantitative estimate of drug-likeness (QED) is 0.564. The molecule has 0 atom stereocenters. The van der Waals surface area contributed by atoms with Gasteiger partial charge in [-0.05, 0) is 47.9 Å². The van der Waals surface area contributed by atoms with Crippen LogP contribution in [0.25, 0.3) is 11.0 Å². The van der Waals surface area contributed by atoms with Crippen LogP contribution in [0.4, 0.5) is 8.78 Å². The zero-order chi connectivity index (χ0) is 18.1. The Balaban J connectivity index is 1.58. The molecule has 1 N–H and O–H groups in total. The topological polar surface area (TPSA) is 54.5 Å². The Morgan fingerprint density at radius 3 is 2.77 bits per heavy atom. The summed E-state index contributed by atoms with van der Waals surface area (Å²) >= 11 is 0. The van der Waals surface area contributed by atoms with Crippen LogP contribution < -0.4 is 0 Å². The number of nitrogens with one attached hydrogen (secondary N) is 1. The summed E-state index contributed by atoms with van der Waals surface area (Å²) in [4.78, 5) is 14.9. The van der Waals surface area contributed by atoms with Crippen molar-refractivity contribution in [3.05, 3.63) is 95.2 Å². The number of aryl methyl sites for hydroxylation is 1. The first-order valence-electron chi connectivity index (χ1n) is 8.13. The summed E-state index contributed by atoms with van der Waals surface area (Å²) in [5, 5.41) is 0.979. The standard InChI is InChI=1S/C20H15F2N4/c1-12-6-17-15(11-25-20(17)24-10-12)9-14-2-3-16(26-19(14)22)7-13-4-5-23-18(21)8-13/h2-8,10-11H,9H2,1H3,(H,24,25). The van der Waals surface area contributed by atoms with Gasteiger partial charge in [-0.2, -0.15) is 8.78 Å². The van der Waals surface area contributed by atoms with E-state index >= 15 is 0 Å². The van der Waals surface area contributed by atoms with Gasteiger partial charge >= 0.3 is 0 Å². The molecule has 0 unspecified atom stereocenters. The maximum atomic E-state index is 14.5. The van der Waals surface area contributed by atoms with Crippen molar-refractivity contribution in [3.63, 3.8) is 0 Å². The minimum absolute atomic E-state index is 0.411. The number of hydrogen-bond acceptors (Lipinski definition) is 3. The van der Waals surface area contributed by atoms with Gasteiger partial charge < -0.3 is 4.98 Å². The summed E-state index contributed by atoms with van der Waals surface area (Å²) in [6, 6.07) is 8.36. The maximum Gasteiger partial charge on any atom is 0.216 e. The Labute approximate surface area is 149 Å². The van der Waals surface area contributed by atoms with Gasteiger partial charge in [-0.25, -0.2) is 15.0 Å². The summed E-state index contributed by atoms with van der Waals surface area (Å²) < 4.78 is 27.6. The average Bonchev–Trinajstić information content (AvgIpc) is 2.99. The highest BCUT2D eigenvalue weighted by Gasteiger charge is 2.11. The Bertz CT molecular complexity index is 1090. The van der Waals surface area contributed by atoms with Crippen LogP contribution in [0.3, 0.4) is 0 Å². The monoisotopic (exact) mass is 349 g/mol. The van der Waals surface area contributed by atoms with Crippen LogP contribution >= 0.6 is 0 Å². The van der Waals surface area contributed by atoms with Crippen molar-refractivity contribution in [2.75, 3.05) is 0 Å². The molecule has 4 nitrogen and oxygen atoms in total. The van der Waals surface area contributed by atoms with Crippen molar-refractivity contribution in [2.45, 2.75) is 13.3 Å². The molecule has 0 aliphatic carbocycles. The number of nitrogens with zero attached hydrogens (tertiary/aromatic N) is 3. The highest BCUT2D eigenvalue weighted by molar-refractivity contribution is 5.80. The van der Waals surface area contributed by atoms with Gasteiger partial charge in [0, 0.05) is 42.4 Å². The van der Waals surface area contributed by atoms with E-state index in [1.54, 1.807) is 30.8 Å². The minimum Gasteiger partial charge on any atom is -0.346 e. The average molecular weight is 349 g/mol. The van der Waals surface area contributed by atoms with Gasteiger partial charge in [-0.1, -0.05) is 6.07 Å². The van der Waals surface area contributed by atoms with Gasteiger partial charge in [0.25, 0.3) is 0 Å². The van der Waals surface area contributed by atoms with E-state index in [-0.39, 0.29) is 0 Å². The molecular formula is C20H15F2N4. The van der Waals surface area contributed by atoms with Gasteiger partial charge in [0.05, 0.1) is 5.69 Å². The van der Waals surface area contributed by atoms with Gasteiger partial charge in [-0.15, -0.1) is 0 Å². The van der Waals surface area contributed by atoms with Crippen molar-refractivity contribution in [2.24, 2.45) is 0 Å². The van der Waals surface area contributed by atoms with Crippen LogP contribution in [0.5, 0.6) is 0 Å². The third-order valence-corrected chi connectivity index (χ3v) is 4.15. The summed E-state index contributed by atoms with van der Waals surface area (Å²) in [7, 11) is 0. The number of rotatable bonds is 4. The first kappa shape index (κ1) is 16.3. The van der Waals surface area contributed by atoms with Gasteiger partial charge in [0.1, 0.15) is 5.65 Å². The highest BCUT2D eigenvalue weighted by atomic mass is 19.1. The molecule has 0 saturated heterocycles. The predicted octanol–water partition coefficient (Wildman–Crippen LogP) is 4.13. The molecule has 0 aliphatic rings. The van der Waals surface area contributed by atoms with Crippen molar-refractivity contribution < 1.29 is 8.78 Å². The summed E-state index contributed by atoms with van der Waals surface area (Å²) in [5.74, 6) is -1.12. The molecule has 0 fully saturated rings. The van der Waals surface area contributed by atoms with E-state index in [4.69, 9.17) is 0 Å². The third-order valence-electron chi connectivity index (χ3n) is 4.15. The number of hydrogen-bond donors (Lipinski definition) is 1. The normalized spacial score (nSPS) is 11.2. The van der Waals surface area contributed by atoms with Crippen molar-refractivity contribution in [1.82, 2.24) is 19.9 Å². The fourth-order valence-corrected chi connectivity index (χ4v) is 2.88. The zero-order valence-electron chi connectivity index (χ0n) is 14.0. The lowest BCUT2D eigenvalue weighted by molar-refractivity contribution is 0.567. The number of fused-ring (bicyclic) bond motifs is 1. The minimum atomic E-state index is -0.584. The van der Waals surface area contributed by atoms with Crippen LogP contribution in [0, 0.1) is 25.2 Å². The van der Waals surface area contributed by atoms with Crippen molar-refractivity contribution in [3.8, 4) is 0 Å². The van der Waals surface area contributed by atoms with Gasteiger partial charge in [0.2, 0.25) is 11.9 Å². The van der Waals surface area contributed by atoms with Crippen LogP contribution in [0.1, 0.15) is 27.9 Å². The molecular weight excluding hydrogens is 334 g/mol. The molecule has 0 amide bonds. The first-order valence-corrected chi connectivity index (χ1v) is 8.13. The van der Waals surface area contributed by atoms with Crippen molar-refractivity contribution >= 4 is 11.0 Å². The molecule has 4 aromatic rings. The number of aromatic amines is 1. The third kappa shape index (κ3) is 3.31. The Morgan fingerprint density at radius 2 is 1.96 bits per heavy atom. The first-order chi connectivity index (χ1) is 12.6. The largest absolute Gasteiger partial charge is 0.346 e. The van der Waals surface area contributed by atoms with E-state index in [1.165, 1.54) is 12.3 Å². The smallest absolute Gasteiger partial charge is 0.216 e. The summed E-state index contributed by atoms with van der Waals surface area (Å²) in [6.45, 7) is 1.97. The summed E-state index contributed by atoms with van der Waals surface area (Å²) in [6.07, 6.45) is 7.01. The van der Waals surface area contributed by atoms with Gasteiger partial charge in [-0.3, -0.25) is 0 Å². The maximum absolute atomic E-state index is 14.5. The van der Waals surface area contributed by atoms with Gasteiger partial charge in [0.15, 0.2) is 0 Å². The lowest BCUT2D eigenvalue weighted by Gasteiger charge is -2.06. The molecule has 4 heterocycles. The highest BCUT2D eigenvalue weighted by Crippen LogP contribution is 2.22. The molecule has 0 aromatic carbocycles. The number of pyridine rings is 3. The van der Waals surface area contributed by atoms with Crippen molar-refractivity contribution in [1.29, 1.82) is 0 Å². The molecule has 0 aliphatic heterocycles. The fourth-order valence-electron chi connectivity index (χ4n) is 2.88. The van der Waals surface area contributed by atoms with Crippen LogP contribution in [0.2, 0.25) is 0 Å². The molecule has 26 heavy (non-hydrogen) atoms. The predicted molar refractivity (Wildman–Crippen MR) is 94.5 cm³/mol. The van der Waals surface area contributed by atoms with Crippen LogP contribution in [-0.2, 0) is 6.42 Å². The van der Waals surface area contributed by atoms with E-state index in [0.717, 1.165) is 22.2 Å². The molecule has 129 valence electrons. The lowest BCUT2D eigenvalue weighted by Crippen LogP contribution is -1.99. The van der Waals surface area contributed by atoms with Crippen LogP contribution in [-0.4, -0.2) is 19.9 Å². The van der Waals surface area contributed by atoms with E-state index < -0.39 is 11.9 Å². The summed E-state index contributed by atoms with van der Waals surface area (Å²) in [5.41, 5.74) is 4.29. The lowest BCUT2D eigenvalue weighted by atomic mass is 10.0. The second-order valence-electron chi connectivity index (χ2n) is 6.14. The van der Waals surface area contributed by atoms with Crippen LogP contribution in [0.15, 0.2) is 48.9 Å². The number of aromatic nitrogens is 4. The van der Waals surface area contributed by atoms with E-state index in [9.17, 15) is 8.78 Å². The molecule has 4 rings (SSSR count). The second-order valence-corrected chi connectivity index (χ2v) is 6.14. The molecule has 0 bridgehead atoms. The Kier molecular flexibility index (Phi) is 4.16. The molecule has 6 heteroatoms. The fraction of sp³-hybridized carbons (Fsp3) is 0.100. The SMILES string of the molecule is Cc1cnc2[nH]cc(Cc3ccc([CH]c4ccnc(F)c4)nc3F)c2c1.